The second kappa shape index (κ2) is 7.28. The Labute approximate surface area is 152 Å². The third-order valence-electron chi connectivity index (χ3n) is 4.58. The molecule has 132 valence electrons. The van der Waals surface area contributed by atoms with Gasteiger partial charge < -0.3 is 13.9 Å². The Morgan fingerprint density at radius 3 is 2.81 bits per heavy atom. The maximum atomic E-state index is 9.09. The molecule has 1 atom stereocenters. The summed E-state index contributed by atoms with van der Waals surface area (Å²) in [6, 6.07) is 13.7. The standard InChI is InChI=1S/C21H20N2O3/c1-14-10-16(12-22)11-18-20(14)26-21(23-18)17-7-5-15(6-8-17)13-25-19-4-2-3-9-24-19/h5-8,10-11,19H,2-4,9,13H2,1H3. The summed E-state index contributed by atoms with van der Waals surface area (Å²) in [6.07, 6.45) is 3.16. The molecule has 0 amide bonds. The average molecular weight is 348 g/mol. The number of hydrogen-bond donors (Lipinski definition) is 0. The number of fused-ring (bicyclic) bond motifs is 1. The number of rotatable bonds is 4. The van der Waals surface area contributed by atoms with Gasteiger partial charge in [0, 0.05) is 12.2 Å². The second-order valence-corrected chi connectivity index (χ2v) is 6.58. The zero-order valence-electron chi connectivity index (χ0n) is 14.7. The first-order chi connectivity index (χ1) is 12.7. The molecule has 4 rings (SSSR count). The van der Waals surface area contributed by atoms with E-state index in [0.717, 1.165) is 48.1 Å². The molecule has 1 fully saturated rings. The Hall–Kier alpha value is -2.68. The smallest absolute Gasteiger partial charge is 0.227 e. The van der Waals surface area contributed by atoms with E-state index in [1.807, 2.05) is 37.3 Å². The van der Waals surface area contributed by atoms with Gasteiger partial charge in [0.1, 0.15) is 5.52 Å². The lowest BCUT2D eigenvalue weighted by Gasteiger charge is -2.22. The lowest BCUT2D eigenvalue weighted by Crippen LogP contribution is -2.21. The highest BCUT2D eigenvalue weighted by atomic mass is 16.7. The Balaban J connectivity index is 1.50. The summed E-state index contributed by atoms with van der Waals surface area (Å²) in [6.45, 7) is 3.24. The van der Waals surface area contributed by atoms with E-state index in [4.69, 9.17) is 19.2 Å². The van der Waals surface area contributed by atoms with Crippen molar-refractivity contribution in [3.8, 4) is 17.5 Å². The van der Waals surface area contributed by atoms with Gasteiger partial charge in [-0.3, -0.25) is 0 Å². The van der Waals surface area contributed by atoms with Crippen molar-refractivity contribution >= 4 is 11.1 Å². The zero-order valence-corrected chi connectivity index (χ0v) is 14.7. The number of aromatic nitrogens is 1. The van der Waals surface area contributed by atoms with E-state index in [0.29, 0.717) is 23.6 Å². The fourth-order valence-corrected chi connectivity index (χ4v) is 3.16. The van der Waals surface area contributed by atoms with E-state index in [1.165, 1.54) is 0 Å². The van der Waals surface area contributed by atoms with E-state index in [1.54, 1.807) is 6.07 Å². The Morgan fingerprint density at radius 1 is 1.23 bits per heavy atom. The van der Waals surface area contributed by atoms with Crippen LogP contribution in [0.3, 0.4) is 0 Å². The molecule has 5 heteroatoms. The van der Waals surface area contributed by atoms with Crippen molar-refractivity contribution in [3.63, 3.8) is 0 Å². The largest absolute Gasteiger partial charge is 0.436 e. The predicted molar refractivity (Wildman–Crippen MR) is 97.3 cm³/mol. The molecule has 0 N–H and O–H groups in total. The maximum absolute atomic E-state index is 9.09. The molecule has 5 nitrogen and oxygen atoms in total. The van der Waals surface area contributed by atoms with E-state index in [9.17, 15) is 0 Å². The summed E-state index contributed by atoms with van der Waals surface area (Å²) in [7, 11) is 0. The van der Waals surface area contributed by atoms with E-state index in [2.05, 4.69) is 11.1 Å². The number of ether oxygens (including phenoxy) is 2. The highest BCUT2D eigenvalue weighted by molar-refractivity contribution is 5.80. The normalized spacial score (nSPS) is 17.3. The van der Waals surface area contributed by atoms with Crippen LogP contribution in [0, 0.1) is 18.3 Å². The molecular weight excluding hydrogens is 328 g/mol. The summed E-state index contributed by atoms with van der Waals surface area (Å²) < 4.78 is 17.3. The van der Waals surface area contributed by atoms with Crippen LogP contribution in [0.25, 0.3) is 22.6 Å². The minimum Gasteiger partial charge on any atom is -0.436 e. The minimum absolute atomic E-state index is 0.0854. The second-order valence-electron chi connectivity index (χ2n) is 6.58. The minimum atomic E-state index is -0.0854. The molecule has 2 heterocycles. The van der Waals surface area contributed by atoms with Crippen LogP contribution in [0.2, 0.25) is 0 Å². The monoisotopic (exact) mass is 348 g/mol. The molecule has 1 saturated heterocycles. The number of nitrogens with zero attached hydrogens (tertiary/aromatic N) is 2. The SMILES string of the molecule is Cc1cc(C#N)cc2nc(-c3ccc(COC4CCCCO4)cc3)oc12. The van der Waals surface area contributed by atoms with Crippen molar-refractivity contribution in [2.24, 2.45) is 0 Å². The van der Waals surface area contributed by atoms with Crippen molar-refractivity contribution in [3.05, 3.63) is 53.1 Å². The molecule has 1 aliphatic heterocycles. The van der Waals surface area contributed by atoms with Crippen molar-refractivity contribution in [1.29, 1.82) is 5.26 Å². The van der Waals surface area contributed by atoms with Crippen LogP contribution in [-0.2, 0) is 16.1 Å². The number of hydrogen-bond acceptors (Lipinski definition) is 5. The molecule has 1 unspecified atom stereocenters. The first-order valence-corrected chi connectivity index (χ1v) is 8.87. The molecule has 2 aromatic carbocycles. The first-order valence-electron chi connectivity index (χ1n) is 8.87. The van der Waals surface area contributed by atoms with E-state index >= 15 is 0 Å². The van der Waals surface area contributed by atoms with E-state index in [-0.39, 0.29) is 6.29 Å². The van der Waals surface area contributed by atoms with Gasteiger partial charge >= 0.3 is 0 Å². The van der Waals surface area contributed by atoms with Gasteiger partial charge in [0.2, 0.25) is 5.89 Å². The Kier molecular flexibility index (Phi) is 4.70. The van der Waals surface area contributed by atoms with Crippen LogP contribution in [0.1, 0.15) is 36.0 Å². The van der Waals surface area contributed by atoms with Gasteiger partial charge in [0.15, 0.2) is 11.9 Å². The number of aryl methyl sites for hydroxylation is 1. The Morgan fingerprint density at radius 2 is 2.08 bits per heavy atom. The fourth-order valence-electron chi connectivity index (χ4n) is 3.16. The van der Waals surface area contributed by atoms with Gasteiger partial charge in [-0.25, -0.2) is 4.98 Å². The zero-order chi connectivity index (χ0) is 17.9. The summed E-state index contributed by atoms with van der Waals surface area (Å²) in [5.74, 6) is 0.557. The number of oxazole rings is 1. The summed E-state index contributed by atoms with van der Waals surface area (Å²) >= 11 is 0. The Bertz CT molecular complexity index is 948. The van der Waals surface area contributed by atoms with Crippen molar-refractivity contribution in [2.75, 3.05) is 6.61 Å². The molecule has 1 aromatic heterocycles. The highest BCUT2D eigenvalue weighted by Gasteiger charge is 2.15. The van der Waals surface area contributed by atoms with Crippen molar-refractivity contribution in [2.45, 2.75) is 39.1 Å². The number of benzene rings is 2. The number of nitriles is 1. The molecule has 0 saturated carbocycles. The van der Waals surface area contributed by atoms with Crippen LogP contribution < -0.4 is 0 Å². The molecule has 0 aliphatic carbocycles. The summed E-state index contributed by atoms with van der Waals surface area (Å²) in [5.41, 5.74) is 4.92. The lowest BCUT2D eigenvalue weighted by atomic mass is 10.1. The molecule has 26 heavy (non-hydrogen) atoms. The van der Waals surface area contributed by atoms with Gasteiger partial charge in [0.05, 0.1) is 18.2 Å². The van der Waals surface area contributed by atoms with Gasteiger partial charge in [0.25, 0.3) is 0 Å². The molecular formula is C21H20N2O3. The molecule has 3 aromatic rings. The lowest BCUT2D eigenvalue weighted by molar-refractivity contribution is -0.168. The molecule has 0 radical (unpaired) electrons. The third kappa shape index (κ3) is 3.48. The van der Waals surface area contributed by atoms with Crippen LogP contribution in [-0.4, -0.2) is 17.9 Å². The van der Waals surface area contributed by atoms with Crippen molar-refractivity contribution < 1.29 is 13.9 Å². The van der Waals surface area contributed by atoms with Gasteiger partial charge in [-0.05, 0) is 61.6 Å². The first kappa shape index (κ1) is 16.8. The summed E-state index contributed by atoms with van der Waals surface area (Å²) in [5, 5.41) is 9.09. The average Bonchev–Trinajstić information content (AvgIpc) is 3.12. The van der Waals surface area contributed by atoms with Crippen LogP contribution in [0.15, 0.2) is 40.8 Å². The highest BCUT2D eigenvalue weighted by Crippen LogP contribution is 2.27. The quantitative estimate of drug-likeness (QED) is 0.682. The van der Waals surface area contributed by atoms with Gasteiger partial charge in [-0.2, -0.15) is 5.26 Å². The van der Waals surface area contributed by atoms with E-state index < -0.39 is 0 Å². The molecule has 1 aliphatic rings. The summed E-state index contributed by atoms with van der Waals surface area (Å²) in [4.78, 5) is 4.53. The predicted octanol–water partition coefficient (Wildman–Crippen LogP) is 4.72. The molecule has 0 bridgehead atoms. The van der Waals surface area contributed by atoms with Crippen LogP contribution in [0.4, 0.5) is 0 Å². The topological polar surface area (TPSA) is 68.3 Å². The van der Waals surface area contributed by atoms with Gasteiger partial charge in [-0.1, -0.05) is 12.1 Å². The van der Waals surface area contributed by atoms with Gasteiger partial charge in [-0.15, -0.1) is 0 Å². The van der Waals surface area contributed by atoms with Crippen LogP contribution in [0.5, 0.6) is 0 Å². The van der Waals surface area contributed by atoms with Crippen molar-refractivity contribution in [1.82, 2.24) is 4.98 Å². The van der Waals surface area contributed by atoms with Crippen LogP contribution >= 0.6 is 0 Å². The molecule has 0 spiro atoms. The fraction of sp³-hybridized carbons (Fsp3) is 0.333. The third-order valence-corrected chi connectivity index (χ3v) is 4.58. The maximum Gasteiger partial charge on any atom is 0.227 e.